The van der Waals surface area contributed by atoms with Crippen molar-refractivity contribution in [2.45, 2.75) is 44.0 Å². The van der Waals surface area contributed by atoms with Gasteiger partial charge in [-0.1, -0.05) is 6.42 Å². The smallest absolute Gasteiger partial charge is 0.241 e. The van der Waals surface area contributed by atoms with Crippen molar-refractivity contribution in [3.63, 3.8) is 0 Å². The second kappa shape index (κ2) is 5.90. The molecule has 1 saturated carbocycles. The first kappa shape index (κ1) is 16.2. The summed E-state index contributed by atoms with van der Waals surface area (Å²) in [5, 5.41) is 9.29. The number of hydrogen-bond acceptors (Lipinski definition) is 4. The molecule has 2 rings (SSSR count). The minimum atomic E-state index is -3.80. The van der Waals surface area contributed by atoms with Crippen LogP contribution in [0, 0.1) is 25.6 Å². The quantitative estimate of drug-likeness (QED) is 0.733. The van der Waals surface area contributed by atoms with Crippen LogP contribution in [-0.4, -0.2) is 26.2 Å². The Kier molecular flexibility index (Phi) is 4.55. The van der Waals surface area contributed by atoms with Gasteiger partial charge in [-0.3, -0.25) is 0 Å². The highest BCUT2D eigenvalue weighted by molar-refractivity contribution is 7.89. The van der Waals surface area contributed by atoms with Gasteiger partial charge in [-0.15, -0.1) is 0 Å². The van der Waals surface area contributed by atoms with Gasteiger partial charge in [-0.05, 0) is 49.8 Å². The number of rotatable bonds is 4. The van der Waals surface area contributed by atoms with Crippen molar-refractivity contribution in [2.24, 2.45) is 5.92 Å². The van der Waals surface area contributed by atoms with Gasteiger partial charge in [-0.2, -0.15) is 0 Å². The van der Waals surface area contributed by atoms with Crippen LogP contribution >= 0.6 is 0 Å². The lowest BCUT2D eigenvalue weighted by molar-refractivity contribution is 0.213. The molecule has 0 heterocycles. The second-order valence-corrected chi connectivity index (χ2v) is 7.30. The fourth-order valence-corrected chi connectivity index (χ4v) is 4.84. The van der Waals surface area contributed by atoms with Crippen LogP contribution in [0.1, 0.15) is 30.4 Å². The topological polar surface area (TPSA) is 92.4 Å². The molecule has 1 aliphatic carbocycles. The number of aliphatic hydroxyl groups excluding tert-OH is 1. The molecule has 0 aliphatic heterocycles. The Bertz CT molecular complexity index is 646. The summed E-state index contributed by atoms with van der Waals surface area (Å²) >= 11 is 0. The second-order valence-electron chi connectivity index (χ2n) is 5.64. The molecule has 7 heteroatoms. The van der Waals surface area contributed by atoms with Crippen LogP contribution < -0.4 is 10.5 Å². The van der Waals surface area contributed by atoms with Gasteiger partial charge in [0.25, 0.3) is 0 Å². The monoisotopic (exact) mass is 316 g/mol. The first-order valence-corrected chi connectivity index (χ1v) is 8.44. The molecule has 21 heavy (non-hydrogen) atoms. The molecule has 0 amide bonds. The number of nitrogens with two attached hydrogens (primary N) is 1. The molecule has 0 aromatic heterocycles. The molecule has 0 spiro atoms. The summed E-state index contributed by atoms with van der Waals surface area (Å²) in [6, 6.07) is 0.847. The third-order valence-corrected chi connectivity index (χ3v) is 5.95. The van der Waals surface area contributed by atoms with Crippen molar-refractivity contribution in [1.29, 1.82) is 0 Å². The minimum absolute atomic E-state index is 0.0324. The average Bonchev–Trinajstić information content (AvgIpc) is 2.82. The van der Waals surface area contributed by atoms with Crippen molar-refractivity contribution < 1.29 is 17.9 Å². The summed E-state index contributed by atoms with van der Waals surface area (Å²) in [7, 11) is -3.80. The molecule has 0 bridgehead atoms. The highest BCUT2D eigenvalue weighted by Crippen LogP contribution is 2.30. The number of hydrogen-bond donors (Lipinski definition) is 3. The molecular formula is C14H21FN2O3S. The van der Waals surface area contributed by atoms with Crippen molar-refractivity contribution in [3.8, 4) is 0 Å². The zero-order valence-corrected chi connectivity index (χ0v) is 13.0. The Balaban J connectivity index is 2.39. The van der Waals surface area contributed by atoms with Crippen LogP contribution in [0.5, 0.6) is 0 Å². The number of sulfonamides is 1. The van der Waals surface area contributed by atoms with Crippen molar-refractivity contribution >= 4 is 15.7 Å². The van der Waals surface area contributed by atoms with E-state index in [4.69, 9.17) is 5.73 Å². The van der Waals surface area contributed by atoms with Crippen LogP contribution in [0.15, 0.2) is 11.0 Å². The van der Waals surface area contributed by atoms with Crippen LogP contribution in [-0.2, 0) is 10.0 Å². The largest absolute Gasteiger partial charge is 0.396 e. The van der Waals surface area contributed by atoms with E-state index in [1.165, 1.54) is 6.92 Å². The fourth-order valence-electron chi connectivity index (χ4n) is 3.01. The Morgan fingerprint density at radius 3 is 2.71 bits per heavy atom. The van der Waals surface area contributed by atoms with Crippen LogP contribution in [0.3, 0.4) is 0 Å². The Morgan fingerprint density at radius 1 is 1.43 bits per heavy atom. The highest BCUT2D eigenvalue weighted by Gasteiger charge is 2.32. The zero-order valence-electron chi connectivity index (χ0n) is 12.2. The van der Waals surface area contributed by atoms with Gasteiger partial charge < -0.3 is 10.8 Å². The predicted octanol–water partition coefficient (Wildman–Crippen LogP) is 1.46. The lowest BCUT2D eigenvalue weighted by Gasteiger charge is -2.21. The number of aryl methyl sites for hydroxylation is 1. The lowest BCUT2D eigenvalue weighted by atomic mass is 10.1. The van der Waals surface area contributed by atoms with E-state index in [2.05, 4.69) is 4.72 Å². The lowest BCUT2D eigenvalue weighted by Crippen LogP contribution is -2.39. The van der Waals surface area contributed by atoms with Gasteiger partial charge in [0.2, 0.25) is 10.0 Å². The van der Waals surface area contributed by atoms with E-state index in [0.717, 1.165) is 18.9 Å². The molecule has 0 radical (unpaired) electrons. The first-order valence-electron chi connectivity index (χ1n) is 6.96. The number of nitrogens with one attached hydrogen (secondary N) is 1. The molecule has 2 atom stereocenters. The number of halogens is 1. The van der Waals surface area contributed by atoms with E-state index in [-0.39, 0.29) is 34.7 Å². The predicted molar refractivity (Wildman–Crippen MR) is 78.8 cm³/mol. The summed E-state index contributed by atoms with van der Waals surface area (Å²) < 4.78 is 41.4. The maximum atomic E-state index is 13.6. The van der Waals surface area contributed by atoms with Crippen LogP contribution in [0.2, 0.25) is 0 Å². The maximum absolute atomic E-state index is 13.6. The minimum Gasteiger partial charge on any atom is -0.396 e. The molecule has 2 unspecified atom stereocenters. The van der Waals surface area contributed by atoms with Gasteiger partial charge in [0.1, 0.15) is 5.82 Å². The van der Waals surface area contributed by atoms with Gasteiger partial charge in [0, 0.05) is 12.6 Å². The van der Waals surface area contributed by atoms with Crippen LogP contribution in [0.25, 0.3) is 0 Å². The van der Waals surface area contributed by atoms with E-state index in [1.54, 1.807) is 6.92 Å². The SMILES string of the molecule is Cc1cc(F)c(N)c(C)c1S(=O)(=O)NC1CCCC1CO. The fraction of sp³-hybridized carbons (Fsp3) is 0.571. The van der Waals surface area contributed by atoms with Crippen molar-refractivity contribution in [3.05, 3.63) is 23.0 Å². The van der Waals surface area contributed by atoms with E-state index in [1.807, 2.05) is 0 Å². The number of aliphatic hydroxyl groups is 1. The molecule has 1 aliphatic rings. The molecule has 0 saturated heterocycles. The van der Waals surface area contributed by atoms with Gasteiger partial charge >= 0.3 is 0 Å². The summed E-state index contributed by atoms with van der Waals surface area (Å²) in [5.74, 6) is -0.684. The first-order chi connectivity index (χ1) is 9.77. The summed E-state index contributed by atoms with van der Waals surface area (Å²) in [5.41, 5.74) is 6.00. The van der Waals surface area contributed by atoms with Crippen molar-refractivity contribution in [1.82, 2.24) is 4.72 Å². The molecule has 118 valence electrons. The van der Waals surface area contributed by atoms with Gasteiger partial charge in [0.15, 0.2) is 0 Å². The normalized spacial score (nSPS) is 22.7. The summed E-state index contributed by atoms with van der Waals surface area (Å²) in [6.07, 6.45) is 2.37. The average molecular weight is 316 g/mol. The Hall–Kier alpha value is -1.18. The molecule has 4 N–H and O–H groups in total. The van der Waals surface area contributed by atoms with E-state index in [0.29, 0.717) is 12.0 Å². The maximum Gasteiger partial charge on any atom is 0.241 e. The number of anilines is 1. The van der Waals surface area contributed by atoms with Crippen molar-refractivity contribution in [2.75, 3.05) is 12.3 Å². The summed E-state index contributed by atoms with van der Waals surface area (Å²) in [4.78, 5) is 0.0324. The third-order valence-electron chi connectivity index (χ3n) is 4.17. The molecule has 1 aromatic rings. The van der Waals surface area contributed by atoms with Gasteiger partial charge in [0.05, 0.1) is 10.6 Å². The van der Waals surface area contributed by atoms with E-state index >= 15 is 0 Å². The molecule has 1 fully saturated rings. The molecular weight excluding hydrogens is 295 g/mol. The van der Waals surface area contributed by atoms with E-state index in [9.17, 15) is 17.9 Å². The molecule has 1 aromatic carbocycles. The standard InChI is InChI=1S/C14H21FN2O3S/c1-8-6-11(15)13(16)9(2)14(8)21(19,20)17-12-5-3-4-10(12)7-18/h6,10,12,17-18H,3-5,7,16H2,1-2H3. The number of benzene rings is 1. The van der Waals surface area contributed by atoms with Crippen LogP contribution in [0.4, 0.5) is 10.1 Å². The third kappa shape index (κ3) is 3.04. The summed E-state index contributed by atoms with van der Waals surface area (Å²) in [6.45, 7) is 3.00. The Morgan fingerprint density at radius 2 is 2.10 bits per heavy atom. The van der Waals surface area contributed by atoms with E-state index < -0.39 is 15.8 Å². The van der Waals surface area contributed by atoms with Gasteiger partial charge in [-0.25, -0.2) is 17.5 Å². The number of nitrogen functional groups attached to an aromatic ring is 1. The Labute approximate surface area is 124 Å². The zero-order chi connectivity index (χ0) is 15.8. The molecule has 5 nitrogen and oxygen atoms in total. The highest BCUT2D eigenvalue weighted by atomic mass is 32.2.